The molecule has 2 heterocycles. The van der Waals surface area contributed by atoms with Crippen LogP contribution in [0.4, 0.5) is 0 Å². The molecule has 1 N–H and O–H groups in total. The van der Waals surface area contributed by atoms with Gasteiger partial charge in [0.2, 0.25) is 15.9 Å². The number of hydrogen-bond donors (Lipinski definition) is 1. The van der Waals surface area contributed by atoms with Gasteiger partial charge in [-0.15, -0.1) is 0 Å². The van der Waals surface area contributed by atoms with Gasteiger partial charge in [0.15, 0.2) is 0 Å². The number of aliphatic hydroxyl groups excluding tert-OH is 1. The number of pyridine rings is 1. The van der Waals surface area contributed by atoms with Gasteiger partial charge in [-0.2, -0.15) is 4.31 Å². The van der Waals surface area contributed by atoms with Crippen molar-refractivity contribution in [3.63, 3.8) is 0 Å². The van der Waals surface area contributed by atoms with Gasteiger partial charge in [0.1, 0.15) is 16.7 Å². The van der Waals surface area contributed by atoms with Crippen LogP contribution in [0.15, 0.2) is 53.7 Å². The monoisotopic (exact) mass is 527 g/mol. The molecule has 0 fully saturated rings. The van der Waals surface area contributed by atoms with E-state index in [4.69, 9.17) is 4.74 Å². The van der Waals surface area contributed by atoms with E-state index in [2.05, 4.69) is 11.1 Å². The van der Waals surface area contributed by atoms with Crippen molar-refractivity contribution in [1.29, 1.82) is 0 Å². The average Bonchev–Trinajstić information content (AvgIpc) is 2.91. The number of ether oxygens (including phenoxy) is 1. The van der Waals surface area contributed by atoms with E-state index in [0.717, 1.165) is 36.8 Å². The fraction of sp³-hybridized carbons (Fsp3) is 0.500. The van der Waals surface area contributed by atoms with Gasteiger partial charge in [-0.05, 0) is 73.6 Å². The highest BCUT2D eigenvalue weighted by atomic mass is 32.2. The molecule has 8 nitrogen and oxygen atoms in total. The Kier molecular flexibility index (Phi) is 8.67. The maximum atomic E-state index is 13.7. The molecule has 4 rings (SSSR count). The van der Waals surface area contributed by atoms with E-state index >= 15 is 0 Å². The molecule has 0 bridgehead atoms. The Bertz CT molecular complexity index is 1230. The molecular formula is C28H37N3O5S. The minimum Gasteiger partial charge on any atom is -0.487 e. The number of benzene rings is 1. The van der Waals surface area contributed by atoms with Crippen LogP contribution in [0.3, 0.4) is 0 Å². The van der Waals surface area contributed by atoms with Crippen LogP contribution >= 0.6 is 0 Å². The number of amides is 1. The van der Waals surface area contributed by atoms with E-state index < -0.39 is 22.2 Å². The van der Waals surface area contributed by atoms with Gasteiger partial charge in [-0.3, -0.25) is 9.78 Å². The lowest BCUT2D eigenvalue weighted by Gasteiger charge is -2.37. The van der Waals surface area contributed by atoms with Crippen LogP contribution in [0.1, 0.15) is 50.7 Å². The van der Waals surface area contributed by atoms with Crippen LogP contribution in [-0.4, -0.2) is 72.5 Å². The molecule has 2 aliphatic rings. The smallest absolute Gasteiger partial charge is 0.247 e. The predicted octanol–water partition coefficient (Wildman–Crippen LogP) is 3.51. The highest BCUT2D eigenvalue weighted by Crippen LogP contribution is 2.37. The van der Waals surface area contributed by atoms with Gasteiger partial charge in [-0.1, -0.05) is 19.1 Å². The lowest BCUT2D eigenvalue weighted by molar-refractivity contribution is -0.130. The highest BCUT2D eigenvalue weighted by Gasteiger charge is 2.38. The van der Waals surface area contributed by atoms with Gasteiger partial charge in [0.25, 0.3) is 0 Å². The number of hydrogen-bond acceptors (Lipinski definition) is 6. The summed E-state index contributed by atoms with van der Waals surface area (Å²) in [6, 6.07) is 8.34. The molecule has 1 aliphatic heterocycles. The number of fused-ring (bicyclic) bond motifs is 1. The first-order valence-corrected chi connectivity index (χ1v) is 14.4. The second kappa shape index (κ2) is 11.8. The first-order chi connectivity index (χ1) is 17.7. The third-order valence-corrected chi connectivity index (χ3v) is 9.33. The molecule has 1 aromatic carbocycles. The molecule has 0 saturated heterocycles. The molecule has 0 spiro atoms. The maximum Gasteiger partial charge on any atom is 0.247 e. The Balaban J connectivity index is 1.67. The minimum atomic E-state index is -3.90. The summed E-state index contributed by atoms with van der Waals surface area (Å²) in [5, 5.41) is 9.85. The van der Waals surface area contributed by atoms with Crippen LogP contribution in [-0.2, 0) is 21.2 Å². The first-order valence-electron chi connectivity index (χ1n) is 13.0. The predicted molar refractivity (Wildman–Crippen MR) is 142 cm³/mol. The largest absolute Gasteiger partial charge is 0.487 e. The summed E-state index contributed by atoms with van der Waals surface area (Å²) in [6.07, 6.45) is 9.58. The van der Waals surface area contributed by atoms with Crippen molar-refractivity contribution < 1.29 is 23.1 Å². The summed E-state index contributed by atoms with van der Waals surface area (Å²) < 4.78 is 35.2. The molecule has 200 valence electrons. The van der Waals surface area contributed by atoms with Crippen LogP contribution in [0.5, 0.6) is 5.75 Å². The summed E-state index contributed by atoms with van der Waals surface area (Å²) in [5.74, 6) is 0.00916. The number of likely N-dealkylation sites (N-methyl/N-ethyl adjacent to an activating group) is 1. The molecule has 2 aromatic rings. The van der Waals surface area contributed by atoms with E-state index in [9.17, 15) is 18.3 Å². The second-order valence-electron chi connectivity index (χ2n) is 10.2. The lowest BCUT2D eigenvalue weighted by atomic mass is 9.93. The first kappa shape index (κ1) is 27.3. The minimum absolute atomic E-state index is 0.0569. The van der Waals surface area contributed by atoms with Crippen molar-refractivity contribution in [2.45, 2.75) is 63.0 Å². The molecule has 1 aliphatic carbocycles. The average molecular weight is 528 g/mol. The number of carbonyl (C=O) groups is 1. The number of allylic oxidation sites excluding steroid dienone is 2. The maximum absolute atomic E-state index is 13.7. The number of aliphatic hydroxyl groups is 1. The zero-order valence-electron chi connectivity index (χ0n) is 21.8. The number of carbonyl (C=O) groups excluding carboxylic acids is 1. The zero-order valence-corrected chi connectivity index (χ0v) is 22.7. The summed E-state index contributed by atoms with van der Waals surface area (Å²) in [4.78, 5) is 18.7. The summed E-state index contributed by atoms with van der Waals surface area (Å²) in [6.45, 7) is 3.82. The molecular weight excluding hydrogens is 490 g/mol. The third kappa shape index (κ3) is 6.22. The van der Waals surface area contributed by atoms with Crippen molar-refractivity contribution in [2.75, 3.05) is 26.7 Å². The van der Waals surface area contributed by atoms with Crippen LogP contribution in [0, 0.1) is 5.92 Å². The second-order valence-corrected chi connectivity index (χ2v) is 12.0. The Morgan fingerprint density at radius 1 is 1.24 bits per heavy atom. The summed E-state index contributed by atoms with van der Waals surface area (Å²) >= 11 is 0. The molecule has 0 unspecified atom stereocenters. The Hall–Kier alpha value is -2.75. The molecule has 1 amide bonds. The van der Waals surface area contributed by atoms with Crippen LogP contribution in [0.2, 0.25) is 0 Å². The summed E-state index contributed by atoms with van der Waals surface area (Å²) in [5.41, 5.74) is 3.04. The molecule has 0 saturated carbocycles. The fourth-order valence-corrected chi connectivity index (χ4v) is 6.75. The molecule has 37 heavy (non-hydrogen) atoms. The number of rotatable bonds is 7. The topological polar surface area (TPSA) is 100 Å². The third-order valence-electron chi connectivity index (χ3n) is 7.31. The van der Waals surface area contributed by atoms with E-state index in [1.165, 1.54) is 9.88 Å². The summed E-state index contributed by atoms with van der Waals surface area (Å²) in [7, 11) is -2.16. The van der Waals surface area contributed by atoms with Crippen molar-refractivity contribution >= 4 is 21.5 Å². The molecule has 9 heteroatoms. The van der Waals surface area contributed by atoms with E-state index in [1.807, 2.05) is 31.2 Å². The van der Waals surface area contributed by atoms with Crippen molar-refractivity contribution in [1.82, 2.24) is 14.2 Å². The standard InChI is InChI=1S/C28H37N3O5S/c1-20-17-31(21(2)19-32)37(34,35)27-10-9-24(23-7-5-4-6-8-23)16-25(27)36-26(20)18-30(3)28(33)15-22-11-13-29-14-12-22/h7,9-14,16,20-21,26,32H,4-6,8,15,17-19H2,1-3H3/t20-,21+,26+/m0/s1. The lowest BCUT2D eigenvalue weighted by Crippen LogP contribution is -2.50. The molecule has 1 aromatic heterocycles. The number of sulfonamides is 1. The van der Waals surface area contributed by atoms with Gasteiger partial charge in [0, 0.05) is 37.9 Å². The fourth-order valence-electron chi connectivity index (χ4n) is 4.93. The molecule has 3 atom stereocenters. The van der Waals surface area contributed by atoms with Crippen molar-refractivity contribution in [2.24, 2.45) is 5.92 Å². The van der Waals surface area contributed by atoms with Gasteiger partial charge >= 0.3 is 0 Å². The van der Waals surface area contributed by atoms with E-state index in [0.29, 0.717) is 12.3 Å². The Labute approximate surface area is 220 Å². The number of nitrogens with zero attached hydrogens (tertiary/aromatic N) is 3. The van der Waals surface area contributed by atoms with Crippen molar-refractivity contribution in [3.05, 3.63) is 59.9 Å². The Morgan fingerprint density at radius 2 is 2.00 bits per heavy atom. The highest BCUT2D eigenvalue weighted by molar-refractivity contribution is 7.89. The van der Waals surface area contributed by atoms with Gasteiger partial charge in [0.05, 0.1) is 19.6 Å². The SMILES string of the molecule is C[C@H](CO)N1C[C@H](C)[C@@H](CN(C)C(=O)Cc2ccncc2)Oc2cc(C3=CCCCC3)ccc2S1(=O)=O. The van der Waals surface area contributed by atoms with E-state index in [1.54, 1.807) is 37.3 Å². The molecule has 0 radical (unpaired) electrons. The van der Waals surface area contributed by atoms with Crippen LogP contribution in [0.25, 0.3) is 5.57 Å². The quantitative estimate of drug-likeness (QED) is 0.592. The zero-order chi connectivity index (χ0) is 26.6. The van der Waals surface area contributed by atoms with E-state index in [-0.39, 0.29) is 36.3 Å². The number of aromatic nitrogens is 1. The van der Waals surface area contributed by atoms with Gasteiger partial charge < -0.3 is 14.7 Å². The van der Waals surface area contributed by atoms with Crippen molar-refractivity contribution in [3.8, 4) is 5.75 Å². The Morgan fingerprint density at radius 3 is 2.68 bits per heavy atom. The van der Waals surface area contributed by atoms with Crippen LogP contribution < -0.4 is 4.74 Å². The van der Waals surface area contributed by atoms with Gasteiger partial charge in [-0.25, -0.2) is 8.42 Å². The normalized spacial score (nSPS) is 22.5.